The van der Waals surface area contributed by atoms with Crippen molar-refractivity contribution in [2.24, 2.45) is 0 Å². The van der Waals surface area contributed by atoms with Crippen molar-refractivity contribution in [2.45, 2.75) is 0 Å². The van der Waals surface area contributed by atoms with Gasteiger partial charge < -0.3 is 0 Å². The third-order valence-electron chi connectivity index (χ3n) is 2.97. The molecular formula is H22Si10. The Labute approximate surface area is 87.4 Å². The second-order valence-electron chi connectivity index (χ2n) is 4.03. The average molecular weight is 303 g/mol. The molecule has 0 aliphatic heterocycles. The molecule has 0 aromatic carbocycles. The van der Waals surface area contributed by atoms with Crippen molar-refractivity contribution in [3.8, 4) is 0 Å². The zero-order valence-corrected chi connectivity index (χ0v) is 24.6. The van der Waals surface area contributed by atoms with Crippen molar-refractivity contribution in [1.82, 2.24) is 0 Å². The topological polar surface area (TPSA) is 0 Å². The minimum Gasteiger partial charge on any atom is -0.0120 e. The molecule has 0 nitrogen and oxygen atoms in total. The van der Waals surface area contributed by atoms with Gasteiger partial charge in [-0.15, -0.1) is 0 Å². The molecule has 0 spiro atoms. The Bertz CT molecular complexity index is 82.0. The maximum Gasteiger partial charge on any atom is -0.00542 e. The zero-order valence-electron chi connectivity index (χ0n) is 8.20. The van der Waals surface area contributed by atoms with Crippen LogP contribution in [0.4, 0.5) is 0 Å². The summed E-state index contributed by atoms with van der Waals surface area (Å²) in [6, 6.07) is 0. The first kappa shape index (κ1) is 12.2. The van der Waals surface area contributed by atoms with Crippen molar-refractivity contribution in [3.05, 3.63) is 0 Å². The van der Waals surface area contributed by atoms with Crippen LogP contribution in [0.3, 0.4) is 0 Å². The Morgan fingerprint density at radius 1 is 1.20 bits per heavy atom. The Morgan fingerprint density at radius 3 is 2.00 bits per heavy atom. The SMILES string of the molecule is [SiH3][SiH2][SiH2][SiH]([SiH3])[Si]([SiH3])([SiH3])[SiH2][SiH3]. The average Bonchev–Trinajstić information content (AvgIpc) is 1.89. The van der Waals surface area contributed by atoms with E-state index in [-0.39, 0.29) is 6.14 Å². The lowest BCUT2D eigenvalue weighted by Crippen LogP contribution is -2.63. The van der Waals surface area contributed by atoms with E-state index in [1.54, 1.807) is 19.5 Å². The van der Waals surface area contributed by atoms with Crippen molar-refractivity contribution in [2.75, 3.05) is 0 Å². The van der Waals surface area contributed by atoms with Crippen LogP contribution in [0.25, 0.3) is 0 Å². The number of hydrogen-bond donors (Lipinski definition) is 0. The molecule has 0 heterocycles. The minimum absolute atomic E-state index is 0.00396. The van der Waals surface area contributed by atoms with Crippen LogP contribution in [0.15, 0.2) is 0 Å². The van der Waals surface area contributed by atoms with Crippen LogP contribution in [-0.2, 0) is 0 Å². The van der Waals surface area contributed by atoms with Gasteiger partial charge in [0.05, 0.1) is 0 Å². The van der Waals surface area contributed by atoms with Gasteiger partial charge in [-0.2, -0.15) is 0 Å². The van der Waals surface area contributed by atoms with Crippen LogP contribution in [0.5, 0.6) is 0 Å². The molecule has 10 heavy (non-hydrogen) atoms. The maximum absolute atomic E-state index is 1.81. The highest BCUT2D eigenvalue weighted by atomic mass is 30.3. The van der Waals surface area contributed by atoms with E-state index in [1.807, 2.05) is 29.3 Å². The van der Waals surface area contributed by atoms with Gasteiger partial charge in [-0.1, -0.05) is 0 Å². The molecular weight excluding hydrogens is 281 g/mol. The van der Waals surface area contributed by atoms with Gasteiger partial charge >= 0.3 is 0 Å². The molecule has 0 saturated heterocycles. The molecule has 0 N–H and O–H groups in total. The predicted octanol–water partition coefficient (Wildman–Crippen LogP) is -9.70. The molecule has 0 aromatic heterocycles. The number of rotatable bonds is 4. The van der Waals surface area contributed by atoms with Gasteiger partial charge in [-0.25, -0.2) is 0 Å². The van der Waals surface area contributed by atoms with E-state index < -0.39 is 0 Å². The first-order valence-corrected chi connectivity index (χ1v) is 40.9. The zero-order chi connectivity index (χ0) is 8.20. The predicted molar refractivity (Wildman–Crippen MR) is 88.2 cm³/mol. The molecule has 1 atom stereocenters. The largest absolute Gasteiger partial charge is 0.0120 e. The monoisotopic (exact) mass is 302 g/mol. The maximum atomic E-state index is 1.81. The lowest BCUT2D eigenvalue weighted by atomic mass is 25.8. The molecule has 0 amide bonds. The fraction of sp³-hybridized carbons (Fsp3) is 0. The second kappa shape index (κ2) is 5.75. The lowest BCUT2D eigenvalue weighted by molar-refractivity contribution is 3.50. The highest BCUT2D eigenvalue weighted by Gasteiger charge is 2.25. The van der Waals surface area contributed by atoms with Crippen molar-refractivity contribution >= 4 is 88.0 Å². The van der Waals surface area contributed by atoms with E-state index in [0.717, 1.165) is 25.7 Å². The van der Waals surface area contributed by atoms with Gasteiger partial charge in [-0.05, 0) is 88.0 Å². The summed E-state index contributed by atoms with van der Waals surface area (Å²) >= 11 is 0. The molecule has 0 rings (SSSR count). The van der Waals surface area contributed by atoms with Crippen LogP contribution < -0.4 is 0 Å². The van der Waals surface area contributed by atoms with E-state index in [9.17, 15) is 0 Å². The molecule has 0 bridgehead atoms. The molecule has 0 aromatic rings. The van der Waals surface area contributed by atoms with Crippen LogP contribution in [0.2, 0.25) is 0 Å². The van der Waals surface area contributed by atoms with Gasteiger partial charge in [0, 0.05) is 0 Å². The van der Waals surface area contributed by atoms with Gasteiger partial charge in [0.1, 0.15) is 0 Å². The summed E-state index contributed by atoms with van der Waals surface area (Å²) < 4.78 is 0. The molecule has 0 fully saturated rings. The molecule has 10 heteroatoms. The first-order valence-electron chi connectivity index (χ1n) is 4.54. The summed E-state index contributed by atoms with van der Waals surface area (Å²) in [4.78, 5) is 0. The Kier molecular flexibility index (Phi) is 7.00. The Morgan fingerprint density at radius 2 is 1.70 bits per heavy atom. The van der Waals surface area contributed by atoms with Crippen LogP contribution in [0, 0.1) is 0 Å². The van der Waals surface area contributed by atoms with Gasteiger partial charge in [0.15, 0.2) is 0 Å². The third-order valence-corrected chi connectivity index (χ3v) is 240. The standard InChI is InChI=1S/H22Si10/c1-6-8-9(3)10(4,5)7-2/h9H,6-8H2,1-5H3. The summed E-state index contributed by atoms with van der Waals surface area (Å²) in [7, 11) is 11.5. The molecule has 0 aliphatic carbocycles. The van der Waals surface area contributed by atoms with Gasteiger partial charge in [0.25, 0.3) is 0 Å². The van der Waals surface area contributed by atoms with Crippen LogP contribution in [0.1, 0.15) is 0 Å². The third kappa shape index (κ3) is 4.26. The van der Waals surface area contributed by atoms with Gasteiger partial charge in [0.2, 0.25) is 0 Å². The summed E-state index contributed by atoms with van der Waals surface area (Å²) in [5, 5.41) is 0. The summed E-state index contributed by atoms with van der Waals surface area (Å²) in [5.41, 5.74) is 0. The Hall–Kier alpha value is 2.17. The molecule has 0 saturated carbocycles. The highest BCUT2D eigenvalue weighted by Crippen LogP contribution is 1.88. The normalized spacial score (nSPS) is 25.2. The van der Waals surface area contributed by atoms with E-state index >= 15 is 0 Å². The fourth-order valence-electron chi connectivity index (χ4n) is 1.17. The van der Waals surface area contributed by atoms with Crippen molar-refractivity contribution < 1.29 is 0 Å². The molecule has 1 unspecified atom stereocenters. The van der Waals surface area contributed by atoms with Crippen molar-refractivity contribution in [1.29, 1.82) is 0 Å². The van der Waals surface area contributed by atoms with E-state index in [0.29, 0.717) is 7.35 Å². The van der Waals surface area contributed by atoms with E-state index in [1.165, 1.54) is 0 Å². The van der Waals surface area contributed by atoms with Crippen LogP contribution in [-0.4, -0.2) is 88.0 Å². The second-order valence-corrected chi connectivity index (χ2v) is 109. The lowest BCUT2D eigenvalue weighted by Gasteiger charge is -2.26. The van der Waals surface area contributed by atoms with Gasteiger partial charge in [-0.3, -0.25) is 0 Å². The first-order chi connectivity index (χ1) is 4.54. The summed E-state index contributed by atoms with van der Waals surface area (Å²) in [6.07, 6.45) is -0.00396. The molecule has 0 aliphatic rings. The highest BCUT2D eigenvalue weighted by molar-refractivity contribution is 8.01. The smallest absolute Gasteiger partial charge is 0.00542 e. The summed E-state index contributed by atoms with van der Waals surface area (Å²) in [5.74, 6) is 0. The molecule has 62 valence electrons. The van der Waals surface area contributed by atoms with E-state index in [2.05, 4.69) is 0 Å². The Balaban J connectivity index is 3.78. The van der Waals surface area contributed by atoms with E-state index in [4.69, 9.17) is 0 Å². The quantitative estimate of drug-likeness (QED) is 0.453. The minimum atomic E-state index is -0.00396. The summed E-state index contributed by atoms with van der Waals surface area (Å²) in [6.45, 7) is 0. The fourth-order valence-corrected chi connectivity index (χ4v) is 285. The van der Waals surface area contributed by atoms with Crippen LogP contribution >= 0.6 is 0 Å². The number of hydrogen-bond acceptors (Lipinski definition) is 0. The molecule has 0 radical (unpaired) electrons. The van der Waals surface area contributed by atoms with Crippen molar-refractivity contribution in [3.63, 3.8) is 0 Å².